The van der Waals surface area contributed by atoms with Gasteiger partial charge >= 0.3 is 0 Å². The molecule has 104 valence electrons. The zero-order valence-corrected chi connectivity index (χ0v) is 11.6. The van der Waals surface area contributed by atoms with Crippen molar-refractivity contribution < 1.29 is 15.3 Å². The number of hydrogen-bond acceptors (Lipinski definition) is 3. The predicted octanol–water partition coefficient (Wildman–Crippen LogP) is 1.58. The lowest BCUT2D eigenvalue weighted by atomic mass is 9.58. The highest BCUT2D eigenvalue weighted by atomic mass is 16.3. The number of hydrogen-bond donors (Lipinski definition) is 3. The Bertz CT molecular complexity index is 337. The minimum Gasteiger partial charge on any atom is -0.394 e. The molecule has 3 heteroatoms. The maximum atomic E-state index is 10.2. The Hall–Kier alpha value is -0.380. The average Bonchev–Trinajstić information content (AvgIpc) is 2.52. The van der Waals surface area contributed by atoms with Crippen LogP contribution < -0.4 is 0 Å². The van der Waals surface area contributed by atoms with Crippen molar-refractivity contribution in [3.05, 3.63) is 11.6 Å². The van der Waals surface area contributed by atoms with E-state index in [0.29, 0.717) is 17.8 Å². The molecule has 0 saturated heterocycles. The summed E-state index contributed by atoms with van der Waals surface area (Å²) < 4.78 is 0. The van der Waals surface area contributed by atoms with Gasteiger partial charge in [-0.3, -0.25) is 0 Å². The molecule has 2 bridgehead atoms. The maximum Gasteiger partial charge on any atom is 0.0813 e. The summed E-state index contributed by atoms with van der Waals surface area (Å²) in [5.41, 5.74) is 0.931. The standard InChI is InChI=1S/C15H26O3/c1-9(2)11-4-5-15(3)10(7-16)6-12(11)14(15)13(18)8-17/h6,9,11-14,16-18H,4-5,7-8H2,1-3H3. The fourth-order valence-corrected chi connectivity index (χ4v) is 4.35. The van der Waals surface area contributed by atoms with Crippen LogP contribution in [0.25, 0.3) is 0 Å². The molecule has 0 aromatic carbocycles. The van der Waals surface area contributed by atoms with Crippen molar-refractivity contribution in [3.63, 3.8) is 0 Å². The van der Waals surface area contributed by atoms with Gasteiger partial charge in [0.05, 0.1) is 19.3 Å². The number of allylic oxidation sites excluding steroid dienone is 1. The van der Waals surface area contributed by atoms with Gasteiger partial charge in [-0.2, -0.15) is 0 Å². The van der Waals surface area contributed by atoms with E-state index in [9.17, 15) is 15.3 Å². The molecular weight excluding hydrogens is 228 g/mol. The third-order valence-corrected chi connectivity index (χ3v) is 5.40. The van der Waals surface area contributed by atoms with Gasteiger partial charge in [-0.15, -0.1) is 0 Å². The molecule has 0 aromatic rings. The van der Waals surface area contributed by atoms with E-state index >= 15 is 0 Å². The van der Waals surface area contributed by atoms with Crippen molar-refractivity contribution in [2.45, 2.75) is 39.7 Å². The molecule has 0 aromatic heterocycles. The van der Waals surface area contributed by atoms with Crippen LogP contribution in [0.5, 0.6) is 0 Å². The Morgan fingerprint density at radius 1 is 1.39 bits per heavy atom. The first-order valence-electron chi connectivity index (χ1n) is 7.06. The molecule has 0 radical (unpaired) electrons. The molecule has 0 heterocycles. The lowest BCUT2D eigenvalue weighted by molar-refractivity contribution is -0.0516. The third-order valence-electron chi connectivity index (χ3n) is 5.40. The van der Waals surface area contributed by atoms with Crippen molar-refractivity contribution in [1.82, 2.24) is 0 Å². The van der Waals surface area contributed by atoms with Crippen LogP contribution >= 0.6 is 0 Å². The molecule has 2 aliphatic carbocycles. The van der Waals surface area contributed by atoms with E-state index in [1.807, 2.05) is 0 Å². The van der Waals surface area contributed by atoms with Gasteiger partial charge in [0.25, 0.3) is 0 Å². The van der Waals surface area contributed by atoms with Gasteiger partial charge in [0, 0.05) is 5.92 Å². The summed E-state index contributed by atoms with van der Waals surface area (Å²) in [7, 11) is 0. The summed E-state index contributed by atoms with van der Waals surface area (Å²) >= 11 is 0. The molecule has 0 spiro atoms. The average molecular weight is 254 g/mol. The van der Waals surface area contributed by atoms with Gasteiger partial charge in [0.1, 0.15) is 0 Å². The first-order valence-corrected chi connectivity index (χ1v) is 7.06. The summed E-state index contributed by atoms with van der Waals surface area (Å²) in [5, 5.41) is 29.1. The smallest absolute Gasteiger partial charge is 0.0813 e. The fraction of sp³-hybridized carbons (Fsp3) is 0.867. The van der Waals surface area contributed by atoms with E-state index in [0.717, 1.165) is 18.4 Å². The van der Waals surface area contributed by atoms with E-state index in [2.05, 4.69) is 26.8 Å². The highest BCUT2D eigenvalue weighted by molar-refractivity contribution is 5.29. The second-order valence-corrected chi connectivity index (χ2v) is 6.57. The second-order valence-electron chi connectivity index (χ2n) is 6.57. The molecule has 2 rings (SSSR count). The van der Waals surface area contributed by atoms with Crippen LogP contribution in [0, 0.1) is 29.1 Å². The van der Waals surface area contributed by atoms with Crippen LogP contribution in [0.2, 0.25) is 0 Å². The lowest BCUT2D eigenvalue weighted by Crippen LogP contribution is -2.46. The molecule has 3 N–H and O–H groups in total. The van der Waals surface area contributed by atoms with Crippen LogP contribution in [0.1, 0.15) is 33.6 Å². The van der Waals surface area contributed by atoms with Gasteiger partial charge in [-0.25, -0.2) is 0 Å². The molecule has 5 atom stereocenters. The largest absolute Gasteiger partial charge is 0.394 e. The van der Waals surface area contributed by atoms with Gasteiger partial charge in [0.15, 0.2) is 0 Å². The summed E-state index contributed by atoms with van der Waals surface area (Å²) in [6.07, 6.45) is 3.65. The van der Waals surface area contributed by atoms with E-state index < -0.39 is 6.10 Å². The zero-order valence-electron chi connectivity index (χ0n) is 11.6. The minimum atomic E-state index is -0.679. The Kier molecular flexibility index (Phi) is 3.86. The quantitative estimate of drug-likeness (QED) is 0.668. The van der Waals surface area contributed by atoms with Crippen LogP contribution in [0.3, 0.4) is 0 Å². The molecule has 0 amide bonds. The molecule has 5 unspecified atom stereocenters. The molecule has 2 aliphatic rings. The SMILES string of the molecule is CC(C)C1CCC2(C)C(CO)=CC1C2C(O)CO. The molecule has 18 heavy (non-hydrogen) atoms. The summed E-state index contributed by atoms with van der Waals surface area (Å²) in [6.45, 7) is 6.47. The first kappa shape index (κ1) is 14.0. The number of rotatable bonds is 4. The number of fused-ring (bicyclic) bond motifs is 2. The number of aliphatic hydroxyl groups is 3. The zero-order chi connectivity index (χ0) is 13.5. The Balaban J connectivity index is 2.36. The maximum absolute atomic E-state index is 10.2. The third kappa shape index (κ3) is 1.93. The molecule has 0 aliphatic heterocycles. The Labute approximate surface area is 110 Å². The lowest BCUT2D eigenvalue weighted by Gasteiger charge is -2.47. The van der Waals surface area contributed by atoms with Crippen LogP contribution in [-0.2, 0) is 0 Å². The van der Waals surface area contributed by atoms with E-state index in [4.69, 9.17) is 0 Å². The normalized spacial score (nSPS) is 41.1. The molecule has 1 fully saturated rings. The molecular formula is C15H26O3. The topological polar surface area (TPSA) is 60.7 Å². The van der Waals surface area contributed by atoms with Gasteiger partial charge in [-0.05, 0) is 41.6 Å². The fourth-order valence-electron chi connectivity index (χ4n) is 4.35. The molecule has 1 saturated carbocycles. The summed E-state index contributed by atoms with van der Waals surface area (Å²) in [6, 6.07) is 0. The van der Waals surface area contributed by atoms with Crippen LogP contribution in [0.4, 0.5) is 0 Å². The van der Waals surface area contributed by atoms with E-state index in [-0.39, 0.29) is 24.5 Å². The predicted molar refractivity (Wildman–Crippen MR) is 70.9 cm³/mol. The first-order chi connectivity index (χ1) is 8.45. The highest BCUT2D eigenvalue weighted by Crippen LogP contribution is 2.59. The minimum absolute atomic E-state index is 0.0609. The second kappa shape index (κ2) is 4.95. The monoisotopic (exact) mass is 254 g/mol. The van der Waals surface area contributed by atoms with Crippen molar-refractivity contribution in [2.24, 2.45) is 29.1 Å². The number of aliphatic hydroxyl groups excluding tert-OH is 3. The van der Waals surface area contributed by atoms with E-state index in [1.165, 1.54) is 0 Å². The van der Waals surface area contributed by atoms with Crippen LogP contribution in [0.15, 0.2) is 11.6 Å². The van der Waals surface area contributed by atoms with Crippen molar-refractivity contribution in [3.8, 4) is 0 Å². The van der Waals surface area contributed by atoms with Crippen molar-refractivity contribution >= 4 is 0 Å². The Morgan fingerprint density at radius 3 is 2.56 bits per heavy atom. The van der Waals surface area contributed by atoms with Crippen molar-refractivity contribution in [2.75, 3.05) is 13.2 Å². The Morgan fingerprint density at radius 2 is 2.06 bits per heavy atom. The van der Waals surface area contributed by atoms with Gasteiger partial charge in [-0.1, -0.05) is 26.8 Å². The van der Waals surface area contributed by atoms with Gasteiger partial charge < -0.3 is 15.3 Å². The van der Waals surface area contributed by atoms with Crippen molar-refractivity contribution in [1.29, 1.82) is 0 Å². The van der Waals surface area contributed by atoms with Gasteiger partial charge in [0.2, 0.25) is 0 Å². The molecule has 3 nitrogen and oxygen atoms in total. The van der Waals surface area contributed by atoms with E-state index in [1.54, 1.807) is 0 Å². The van der Waals surface area contributed by atoms with Crippen LogP contribution in [-0.4, -0.2) is 34.6 Å². The highest BCUT2D eigenvalue weighted by Gasteiger charge is 2.54. The summed E-state index contributed by atoms with van der Waals surface area (Å²) in [4.78, 5) is 0. The summed E-state index contributed by atoms with van der Waals surface area (Å²) in [5.74, 6) is 1.48.